The Bertz CT molecular complexity index is 265. The van der Waals surface area contributed by atoms with Crippen LogP contribution in [0.4, 0.5) is 0 Å². The predicted molar refractivity (Wildman–Crippen MR) is 68.0 cm³/mol. The van der Waals surface area contributed by atoms with E-state index in [1.54, 1.807) is 0 Å². The minimum atomic E-state index is 0.146. The lowest BCUT2D eigenvalue weighted by molar-refractivity contribution is -0.0680. The van der Waals surface area contributed by atoms with Gasteiger partial charge in [0.1, 0.15) is 0 Å². The number of hydrogen-bond acceptors (Lipinski definition) is 4. The summed E-state index contributed by atoms with van der Waals surface area (Å²) in [6, 6.07) is 0.786. The number of fused-ring (bicyclic) bond motifs is 1. The Kier molecular flexibility index (Phi) is 3.39. The number of nitrogens with zero attached hydrogens (tertiary/aromatic N) is 2. The summed E-state index contributed by atoms with van der Waals surface area (Å²) < 4.78 is 5.71. The summed E-state index contributed by atoms with van der Waals surface area (Å²) in [4.78, 5) is 5.29. The van der Waals surface area contributed by atoms with Crippen molar-refractivity contribution in [1.82, 2.24) is 9.80 Å². The first kappa shape index (κ1) is 11.9. The first-order valence-corrected chi connectivity index (χ1v) is 7.11. The molecule has 3 aliphatic heterocycles. The topological polar surface area (TPSA) is 41.7 Å². The lowest BCUT2D eigenvalue weighted by atomic mass is 9.89. The predicted octanol–water partition coefficient (Wildman–Crippen LogP) is 0.274. The largest absolute Gasteiger partial charge is 0.379 e. The van der Waals surface area contributed by atoms with E-state index >= 15 is 0 Å². The van der Waals surface area contributed by atoms with Crippen molar-refractivity contribution in [3.63, 3.8) is 0 Å². The van der Waals surface area contributed by atoms with Crippen LogP contribution in [0.3, 0.4) is 0 Å². The highest BCUT2D eigenvalue weighted by molar-refractivity contribution is 4.99. The van der Waals surface area contributed by atoms with Crippen LogP contribution in [0.1, 0.15) is 25.7 Å². The van der Waals surface area contributed by atoms with Gasteiger partial charge in [0.25, 0.3) is 0 Å². The van der Waals surface area contributed by atoms with Gasteiger partial charge >= 0.3 is 0 Å². The van der Waals surface area contributed by atoms with Crippen LogP contribution >= 0.6 is 0 Å². The van der Waals surface area contributed by atoms with Gasteiger partial charge in [0.2, 0.25) is 0 Å². The van der Waals surface area contributed by atoms with Crippen molar-refractivity contribution in [1.29, 1.82) is 0 Å². The molecule has 0 aromatic rings. The van der Waals surface area contributed by atoms with E-state index in [1.807, 2.05) is 0 Å². The number of rotatable bonds is 2. The van der Waals surface area contributed by atoms with Crippen molar-refractivity contribution in [3.05, 3.63) is 0 Å². The molecule has 3 heterocycles. The molecule has 3 fully saturated rings. The van der Waals surface area contributed by atoms with E-state index in [2.05, 4.69) is 9.80 Å². The molecule has 0 amide bonds. The molecule has 0 aliphatic carbocycles. The van der Waals surface area contributed by atoms with E-state index in [0.29, 0.717) is 0 Å². The van der Waals surface area contributed by atoms with Crippen LogP contribution in [0.5, 0.6) is 0 Å². The Morgan fingerprint density at radius 3 is 2.94 bits per heavy atom. The zero-order valence-electron chi connectivity index (χ0n) is 10.7. The molecule has 17 heavy (non-hydrogen) atoms. The van der Waals surface area contributed by atoms with Crippen LogP contribution in [0.2, 0.25) is 0 Å². The summed E-state index contributed by atoms with van der Waals surface area (Å²) in [5.41, 5.74) is 6.22. The minimum absolute atomic E-state index is 0.146. The minimum Gasteiger partial charge on any atom is -0.379 e. The molecular weight excluding hydrogens is 214 g/mol. The molecule has 3 rings (SSSR count). The second-order valence-electron chi connectivity index (χ2n) is 5.86. The van der Waals surface area contributed by atoms with Gasteiger partial charge in [-0.05, 0) is 32.2 Å². The SMILES string of the molecule is NCC1(N2CCN3CCCC3C2)CCCOC1. The van der Waals surface area contributed by atoms with Crippen molar-refractivity contribution < 1.29 is 4.74 Å². The Labute approximate surface area is 104 Å². The number of hydrogen-bond donors (Lipinski definition) is 1. The van der Waals surface area contributed by atoms with Gasteiger partial charge < -0.3 is 10.5 Å². The van der Waals surface area contributed by atoms with Gasteiger partial charge in [0.15, 0.2) is 0 Å². The zero-order valence-corrected chi connectivity index (χ0v) is 10.7. The van der Waals surface area contributed by atoms with Crippen molar-refractivity contribution in [3.8, 4) is 0 Å². The summed E-state index contributed by atoms with van der Waals surface area (Å²) in [6.07, 6.45) is 5.14. The van der Waals surface area contributed by atoms with Crippen molar-refractivity contribution in [2.45, 2.75) is 37.3 Å². The van der Waals surface area contributed by atoms with E-state index < -0.39 is 0 Å². The standard InChI is InChI=1S/C13H25N3O/c14-10-13(4-2-8-17-11-13)16-7-6-15-5-1-3-12(15)9-16/h12H,1-11,14H2. The number of piperazine rings is 1. The molecule has 0 aromatic carbocycles. The van der Waals surface area contributed by atoms with Gasteiger partial charge in [0, 0.05) is 38.8 Å². The van der Waals surface area contributed by atoms with Gasteiger partial charge in [-0.25, -0.2) is 0 Å². The maximum Gasteiger partial charge on any atom is 0.0662 e. The number of nitrogens with two attached hydrogens (primary N) is 1. The van der Waals surface area contributed by atoms with Crippen molar-refractivity contribution in [2.75, 3.05) is 45.9 Å². The van der Waals surface area contributed by atoms with E-state index in [4.69, 9.17) is 10.5 Å². The lowest BCUT2D eigenvalue weighted by Gasteiger charge is -2.50. The Morgan fingerprint density at radius 1 is 1.24 bits per heavy atom. The highest BCUT2D eigenvalue weighted by Crippen LogP contribution is 2.30. The van der Waals surface area contributed by atoms with E-state index in [-0.39, 0.29) is 5.54 Å². The van der Waals surface area contributed by atoms with Crippen LogP contribution in [0.15, 0.2) is 0 Å². The van der Waals surface area contributed by atoms with Gasteiger partial charge in [-0.2, -0.15) is 0 Å². The Morgan fingerprint density at radius 2 is 2.18 bits per heavy atom. The molecule has 3 saturated heterocycles. The third kappa shape index (κ3) is 2.12. The summed E-state index contributed by atoms with van der Waals surface area (Å²) in [5.74, 6) is 0. The quantitative estimate of drug-likeness (QED) is 0.751. The molecule has 98 valence electrons. The first-order valence-electron chi connectivity index (χ1n) is 7.11. The number of ether oxygens (including phenoxy) is 1. The first-order chi connectivity index (χ1) is 8.34. The van der Waals surface area contributed by atoms with Gasteiger partial charge in [-0.3, -0.25) is 9.80 Å². The van der Waals surface area contributed by atoms with Gasteiger partial charge in [-0.1, -0.05) is 0 Å². The highest BCUT2D eigenvalue weighted by atomic mass is 16.5. The fourth-order valence-corrected chi connectivity index (χ4v) is 3.80. The summed E-state index contributed by atoms with van der Waals surface area (Å²) in [7, 11) is 0. The summed E-state index contributed by atoms with van der Waals surface area (Å²) in [6.45, 7) is 7.44. The third-order valence-corrected chi connectivity index (χ3v) is 4.94. The van der Waals surface area contributed by atoms with Crippen LogP contribution in [-0.2, 0) is 4.74 Å². The van der Waals surface area contributed by atoms with Gasteiger partial charge in [0.05, 0.1) is 12.1 Å². The van der Waals surface area contributed by atoms with Gasteiger partial charge in [-0.15, -0.1) is 0 Å². The van der Waals surface area contributed by atoms with E-state index in [9.17, 15) is 0 Å². The van der Waals surface area contributed by atoms with Crippen LogP contribution in [-0.4, -0.2) is 67.3 Å². The fraction of sp³-hybridized carbons (Fsp3) is 1.00. The molecule has 4 nitrogen and oxygen atoms in total. The van der Waals surface area contributed by atoms with Crippen molar-refractivity contribution in [2.24, 2.45) is 5.73 Å². The second kappa shape index (κ2) is 4.84. The lowest BCUT2D eigenvalue weighted by Crippen LogP contribution is -2.64. The second-order valence-corrected chi connectivity index (χ2v) is 5.86. The highest BCUT2D eigenvalue weighted by Gasteiger charge is 2.42. The van der Waals surface area contributed by atoms with Crippen molar-refractivity contribution >= 4 is 0 Å². The third-order valence-electron chi connectivity index (χ3n) is 4.94. The average Bonchev–Trinajstić information content (AvgIpc) is 2.86. The molecule has 0 aromatic heterocycles. The van der Waals surface area contributed by atoms with E-state index in [0.717, 1.165) is 25.8 Å². The molecule has 0 saturated carbocycles. The zero-order chi connectivity index (χ0) is 11.7. The molecule has 2 atom stereocenters. The van der Waals surface area contributed by atoms with Crippen LogP contribution < -0.4 is 5.73 Å². The molecule has 4 heteroatoms. The smallest absolute Gasteiger partial charge is 0.0662 e. The summed E-state index contributed by atoms with van der Waals surface area (Å²) >= 11 is 0. The Hall–Kier alpha value is -0.160. The Balaban J connectivity index is 1.69. The molecule has 2 unspecified atom stereocenters. The molecular formula is C13H25N3O. The molecule has 2 N–H and O–H groups in total. The molecule has 0 spiro atoms. The fourth-order valence-electron chi connectivity index (χ4n) is 3.80. The maximum absolute atomic E-state index is 6.07. The average molecular weight is 239 g/mol. The monoisotopic (exact) mass is 239 g/mol. The van der Waals surface area contributed by atoms with Crippen LogP contribution in [0, 0.1) is 0 Å². The normalized spacial score (nSPS) is 40.4. The summed E-state index contributed by atoms with van der Waals surface area (Å²) in [5, 5.41) is 0. The van der Waals surface area contributed by atoms with E-state index in [1.165, 1.54) is 51.9 Å². The van der Waals surface area contributed by atoms with Crippen LogP contribution in [0.25, 0.3) is 0 Å². The molecule has 0 bridgehead atoms. The molecule has 0 radical (unpaired) electrons. The maximum atomic E-state index is 6.07. The molecule has 3 aliphatic rings.